The molecule has 0 aliphatic carbocycles. The van der Waals surface area contributed by atoms with Gasteiger partial charge in [-0.2, -0.15) is 0 Å². The van der Waals surface area contributed by atoms with Crippen molar-refractivity contribution in [3.8, 4) is 5.88 Å². The first-order valence-corrected chi connectivity index (χ1v) is 9.28. The number of ether oxygens (including phenoxy) is 1. The number of rotatable bonds is 3. The lowest BCUT2D eigenvalue weighted by Crippen LogP contribution is -2.37. The number of likely N-dealkylation sites (tertiary alicyclic amines) is 1. The monoisotopic (exact) mass is 401 g/mol. The van der Waals surface area contributed by atoms with Crippen LogP contribution in [0.25, 0.3) is 10.9 Å². The van der Waals surface area contributed by atoms with E-state index in [1.807, 2.05) is 0 Å². The molecule has 0 radical (unpaired) electrons. The second-order valence-corrected chi connectivity index (χ2v) is 6.81. The first-order valence-electron chi connectivity index (χ1n) is 8.90. The molecule has 1 aromatic carbocycles. The number of carbonyl (C=O) groups is 1. The number of fused-ring (bicyclic) bond motifs is 1. The van der Waals surface area contributed by atoms with Crippen molar-refractivity contribution in [3.63, 3.8) is 0 Å². The van der Waals surface area contributed by atoms with E-state index in [-0.39, 0.29) is 16.6 Å². The zero-order chi connectivity index (χ0) is 19.5. The average molecular weight is 402 g/mol. The number of benzene rings is 1. The van der Waals surface area contributed by atoms with Crippen LogP contribution in [0.3, 0.4) is 0 Å². The molecular weight excluding hydrogens is 385 g/mol. The average Bonchev–Trinajstić information content (AvgIpc) is 2.72. The summed E-state index contributed by atoms with van der Waals surface area (Å²) in [5.41, 5.74) is 0.703. The molecule has 0 saturated carbocycles. The molecule has 1 aliphatic heterocycles. The largest absolute Gasteiger partial charge is 0.416 e. The minimum absolute atomic E-state index is 0.00109. The van der Waals surface area contributed by atoms with Gasteiger partial charge < -0.3 is 15.0 Å². The normalized spacial score (nSPS) is 14.1. The number of amides is 1. The predicted octanol–water partition coefficient (Wildman–Crippen LogP) is 4.55. The van der Waals surface area contributed by atoms with E-state index in [4.69, 9.17) is 16.3 Å². The van der Waals surface area contributed by atoms with Gasteiger partial charge in [0.1, 0.15) is 12.1 Å². The SMILES string of the molecule is O=C(Oc1cc2c(Nc3cccc(Cl)c3F)ncnc2cn1)N1CCCCC1. The van der Waals surface area contributed by atoms with Crippen molar-refractivity contribution in [2.45, 2.75) is 19.3 Å². The molecule has 1 saturated heterocycles. The smallest absolute Gasteiger partial charge is 0.391 e. The first-order chi connectivity index (χ1) is 13.6. The van der Waals surface area contributed by atoms with Gasteiger partial charge in [-0.25, -0.2) is 24.1 Å². The van der Waals surface area contributed by atoms with Crippen molar-refractivity contribution in [2.75, 3.05) is 18.4 Å². The number of hydrogen-bond donors (Lipinski definition) is 1. The van der Waals surface area contributed by atoms with Crippen LogP contribution in [0.15, 0.2) is 36.8 Å². The number of aromatic nitrogens is 3. The van der Waals surface area contributed by atoms with Gasteiger partial charge in [0.25, 0.3) is 0 Å². The van der Waals surface area contributed by atoms with Gasteiger partial charge >= 0.3 is 6.09 Å². The van der Waals surface area contributed by atoms with Crippen LogP contribution in [0.2, 0.25) is 5.02 Å². The molecule has 0 atom stereocenters. The molecule has 0 spiro atoms. The number of piperidine rings is 1. The Labute approximate surface area is 165 Å². The van der Waals surface area contributed by atoms with E-state index in [0.717, 1.165) is 19.3 Å². The highest BCUT2D eigenvalue weighted by molar-refractivity contribution is 6.31. The number of anilines is 2. The lowest BCUT2D eigenvalue weighted by atomic mass is 10.1. The van der Waals surface area contributed by atoms with E-state index in [0.29, 0.717) is 29.8 Å². The third kappa shape index (κ3) is 3.82. The van der Waals surface area contributed by atoms with Gasteiger partial charge in [0.2, 0.25) is 5.88 Å². The third-order valence-electron chi connectivity index (χ3n) is 4.51. The number of pyridine rings is 1. The van der Waals surface area contributed by atoms with Gasteiger partial charge in [0.15, 0.2) is 5.82 Å². The molecular formula is C19H17ClFN5O2. The van der Waals surface area contributed by atoms with Gasteiger partial charge in [-0.1, -0.05) is 17.7 Å². The van der Waals surface area contributed by atoms with E-state index in [1.54, 1.807) is 23.1 Å². The Kier molecular flexibility index (Phi) is 5.21. The van der Waals surface area contributed by atoms with E-state index in [2.05, 4.69) is 20.3 Å². The molecule has 1 N–H and O–H groups in total. The summed E-state index contributed by atoms with van der Waals surface area (Å²) in [6.45, 7) is 1.35. The maximum atomic E-state index is 14.2. The van der Waals surface area contributed by atoms with Crippen LogP contribution in [0.1, 0.15) is 19.3 Å². The van der Waals surface area contributed by atoms with Gasteiger partial charge in [-0.3, -0.25) is 0 Å². The Bertz CT molecular complexity index is 1030. The van der Waals surface area contributed by atoms with E-state index in [1.165, 1.54) is 18.6 Å². The van der Waals surface area contributed by atoms with Gasteiger partial charge in [-0.05, 0) is 31.4 Å². The highest BCUT2D eigenvalue weighted by Crippen LogP contribution is 2.29. The van der Waals surface area contributed by atoms with Crippen LogP contribution in [-0.2, 0) is 0 Å². The summed E-state index contributed by atoms with van der Waals surface area (Å²) in [6, 6.07) is 6.20. The molecule has 7 nitrogen and oxygen atoms in total. The summed E-state index contributed by atoms with van der Waals surface area (Å²) in [6.07, 6.45) is 5.44. The molecule has 1 fully saturated rings. The fraction of sp³-hybridized carbons (Fsp3) is 0.263. The number of nitrogens with one attached hydrogen (secondary N) is 1. The maximum Gasteiger partial charge on any atom is 0.416 e. The van der Waals surface area contributed by atoms with Crippen molar-refractivity contribution in [1.29, 1.82) is 0 Å². The molecule has 0 bridgehead atoms. The Morgan fingerprint density at radius 1 is 1.18 bits per heavy atom. The number of hydrogen-bond acceptors (Lipinski definition) is 6. The summed E-state index contributed by atoms with van der Waals surface area (Å²) >= 11 is 5.83. The van der Waals surface area contributed by atoms with E-state index < -0.39 is 11.9 Å². The molecule has 28 heavy (non-hydrogen) atoms. The van der Waals surface area contributed by atoms with E-state index >= 15 is 0 Å². The van der Waals surface area contributed by atoms with Crippen molar-refractivity contribution in [2.24, 2.45) is 0 Å². The van der Waals surface area contributed by atoms with Crippen LogP contribution in [0, 0.1) is 5.82 Å². The molecule has 9 heteroatoms. The predicted molar refractivity (Wildman–Crippen MR) is 103 cm³/mol. The minimum atomic E-state index is -0.582. The van der Waals surface area contributed by atoms with Crippen molar-refractivity contribution >= 4 is 40.1 Å². The zero-order valence-electron chi connectivity index (χ0n) is 14.9. The summed E-state index contributed by atoms with van der Waals surface area (Å²) < 4.78 is 19.6. The molecule has 144 valence electrons. The Hall–Kier alpha value is -3.00. The number of nitrogens with zero attached hydrogens (tertiary/aromatic N) is 4. The van der Waals surface area contributed by atoms with Crippen LogP contribution >= 0.6 is 11.6 Å². The summed E-state index contributed by atoms with van der Waals surface area (Å²) in [5, 5.41) is 3.45. The summed E-state index contributed by atoms with van der Waals surface area (Å²) in [4.78, 5) is 26.4. The standard InChI is InChI=1S/C19H17ClFN5O2/c20-13-5-4-6-14(17(13)21)25-18-12-9-16(22-10-15(12)23-11-24-18)28-19(27)26-7-2-1-3-8-26/h4-6,9-11H,1-3,7-8H2,(H,23,24,25). The lowest BCUT2D eigenvalue weighted by Gasteiger charge is -2.25. The van der Waals surface area contributed by atoms with Crippen molar-refractivity contribution in [1.82, 2.24) is 19.9 Å². The molecule has 4 rings (SSSR count). The Morgan fingerprint density at radius 3 is 2.82 bits per heavy atom. The van der Waals surface area contributed by atoms with E-state index in [9.17, 15) is 9.18 Å². The molecule has 1 aliphatic rings. The quantitative estimate of drug-likeness (QED) is 0.693. The summed E-state index contributed by atoms with van der Waals surface area (Å²) in [5.74, 6) is -0.0990. The minimum Gasteiger partial charge on any atom is -0.391 e. The molecule has 3 heterocycles. The van der Waals surface area contributed by atoms with Crippen molar-refractivity contribution in [3.05, 3.63) is 47.6 Å². The Morgan fingerprint density at radius 2 is 2.00 bits per heavy atom. The van der Waals surface area contributed by atoms with Crippen molar-refractivity contribution < 1.29 is 13.9 Å². The van der Waals surface area contributed by atoms with Gasteiger partial charge in [-0.15, -0.1) is 0 Å². The fourth-order valence-electron chi connectivity index (χ4n) is 3.05. The highest BCUT2D eigenvalue weighted by Gasteiger charge is 2.19. The van der Waals surface area contributed by atoms with Crippen LogP contribution in [-0.4, -0.2) is 39.0 Å². The summed E-state index contributed by atoms with van der Waals surface area (Å²) in [7, 11) is 0. The molecule has 1 amide bonds. The third-order valence-corrected chi connectivity index (χ3v) is 4.80. The maximum absolute atomic E-state index is 14.2. The molecule has 3 aromatic rings. The van der Waals surface area contributed by atoms with Gasteiger partial charge in [0.05, 0.1) is 22.4 Å². The van der Waals surface area contributed by atoms with Gasteiger partial charge in [0, 0.05) is 24.5 Å². The molecule has 0 unspecified atom stereocenters. The van der Waals surface area contributed by atoms with Crippen LogP contribution in [0.5, 0.6) is 5.88 Å². The fourth-order valence-corrected chi connectivity index (χ4v) is 3.23. The number of halogens is 2. The second-order valence-electron chi connectivity index (χ2n) is 6.40. The first kappa shape index (κ1) is 18.4. The second kappa shape index (κ2) is 7.93. The lowest BCUT2D eigenvalue weighted by molar-refractivity contribution is 0.141. The number of carbonyl (C=O) groups excluding carboxylic acids is 1. The topological polar surface area (TPSA) is 80.2 Å². The Balaban J connectivity index is 1.62. The highest BCUT2D eigenvalue weighted by atomic mass is 35.5. The molecule has 2 aromatic heterocycles. The van der Waals surface area contributed by atoms with Crippen LogP contribution in [0.4, 0.5) is 20.7 Å². The van der Waals surface area contributed by atoms with Crippen LogP contribution < -0.4 is 10.1 Å². The zero-order valence-corrected chi connectivity index (χ0v) is 15.6.